The number of nitrogens with zero attached hydrogens (tertiary/aromatic N) is 4. The van der Waals surface area contributed by atoms with Crippen LogP contribution in [0.3, 0.4) is 0 Å². The van der Waals surface area contributed by atoms with Crippen LogP contribution >= 0.6 is 11.3 Å². The minimum absolute atomic E-state index is 0.0422. The highest BCUT2D eigenvalue weighted by Gasteiger charge is 2.33. The summed E-state index contributed by atoms with van der Waals surface area (Å²) in [6, 6.07) is 6.64. The second-order valence-corrected chi connectivity index (χ2v) is 9.25. The van der Waals surface area contributed by atoms with E-state index in [0.29, 0.717) is 11.3 Å². The van der Waals surface area contributed by atoms with Gasteiger partial charge in [-0.2, -0.15) is 18.3 Å². The number of thiazole rings is 1. The Morgan fingerprint density at radius 1 is 1.24 bits per heavy atom. The number of likely N-dealkylation sites (tertiary alicyclic amines) is 1. The number of carbonyl (C=O) groups is 1. The number of hydrogen-bond acceptors (Lipinski definition) is 7. The number of ether oxygens (including phenoxy) is 1. The van der Waals surface area contributed by atoms with Crippen molar-refractivity contribution in [1.29, 1.82) is 0 Å². The summed E-state index contributed by atoms with van der Waals surface area (Å²) in [6.45, 7) is 5.18. The minimum atomic E-state index is -4.57. The molecule has 11 heteroatoms. The minimum Gasteiger partial charge on any atom is -0.488 e. The quantitative estimate of drug-likeness (QED) is 0.576. The van der Waals surface area contributed by atoms with Crippen LogP contribution in [0.4, 0.5) is 13.2 Å². The molecule has 3 heterocycles. The maximum atomic E-state index is 13.0. The fraction of sp³-hybridized carbons (Fsp3) is 0.364. The largest absolute Gasteiger partial charge is 0.488 e. The van der Waals surface area contributed by atoms with Crippen molar-refractivity contribution in [1.82, 2.24) is 25.4 Å². The van der Waals surface area contributed by atoms with E-state index in [2.05, 4.69) is 25.4 Å². The fourth-order valence-electron chi connectivity index (χ4n) is 3.40. The molecule has 0 spiro atoms. The van der Waals surface area contributed by atoms with Gasteiger partial charge in [0.25, 0.3) is 5.91 Å². The molecule has 1 amide bonds. The molecule has 1 aliphatic heterocycles. The first-order valence-electron chi connectivity index (χ1n) is 10.2. The molecule has 1 aromatic carbocycles. The van der Waals surface area contributed by atoms with Crippen molar-refractivity contribution in [3.05, 3.63) is 58.4 Å². The van der Waals surface area contributed by atoms with E-state index in [-0.39, 0.29) is 11.8 Å². The molecular formula is C22H22F3N5O2S. The predicted octanol–water partition coefficient (Wildman–Crippen LogP) is 4.11. The molecule has 1 N–H and O–H groups in total. The van der Waals surface area contributed by atoms with Crippen LogP contribution in [0.25, 0.3) is 10.6 Å². The number of hydrogen-bond donors (Lipinski definition) is 1. The van der Waals surface area contributed by atoms with Gasteiger partial charge in [-0.15, -0.1) is 16.4 Å². The van der Waals surface area contributed by atoms with Crippen LogP contribution in [0.15, 0.2) is 36.5 Å². The highest BCUT2D eigenvalue weighted by atomic mass is 32.1. The van der Waals surface area contributed by atoms with Crippen molar-refractivity contribution < 1.29 is 22.7 Å². The maximum Gasteiger partial charge on any atom is 0.435 e. The maximum absolute atomic E-state index is 13.0. The number of likely N-dealkylation sites (N-methyl/N-ethyl adjacent to an activating group) is 1. The van der Waals surface area contributed by atoms with Crippen LogP contribution in [-0.4, -0.2) is 52.2 Å². The molecule has 0 bridgehead atoms. The summed E-state index contributed by atoms with van der Waals surface area (Å²) in [7, 11) is 2.00. The monoisotopic (exact) mass is 477 g/mol. The molecule has 1 unspecified atom stereocenters. The zero-order chi connectivity index (χ0) is 23.8. The first-order valence-corrected chi connectivity index (χ1v) is 11.0. The number of rotatable bonds is 6. The molecule has 0 aliphatic carbocycles. The van der Waals surface area contributed by atoms with Crippen molar-refractivity contribution >= 4 is 17.2 Å². The third kappa shape index (κ3) is 5.48. The lowest BCUT2D eigenvalue weighted by Crippen LogP contribution is -2.51. The number of halogens is 3. The average Bonchev–Trinajstić information content (AvgIpc) is 3.18. The van der Waals surface area contributed by atoms with Gasteiger partial charge in [-0.25, -0.2) is 4.98 Å². The SMILES string of the molecule is Cc1cnc(-c2cc(OC3CN(C)C3)cc(C(=O)NC(C)c3ccc(C(F)(F)F)nn3)c2)s1. The Bertz CT molecular complexity index is 1140. The van der Waals surface area contributed by atoms with Crippen LogP contribution in [0, 0.1) is 6.92 Å². The third-order valence-corrected chi connectivity index (χ3v) is 6.10. The van der Waals surface area contributed by atoms with Crippen LogP contribution in [-0.2, 0) is 6.18 Å². The van der Waals surface area contributed by atoms with E-state index in [1.807, 2.05) is 20.0 Å². The summed E-state index contributed by atoms with van der Waals surface area (Å²) < 4.78 is 44.2. The number of nitrogens with one attached hydrogen (secondary N) is 1. The molecule has 0 radical (unpaired) electrons. The molecular weight excluding hydrogens is 455 g/mol. The van der Waals surface area contributed by atoms with Crippen molar-refractivity contribution in [3.8, 4) is 16.3 Å². The molecule has 2 aromatic heterocycles. The van der Waals surface area contributed by atoms with Crippen molar-refractivity contribution in [3.63, 3.8) is 0 Å². The molecule has 33 heavy (non-hydrogen) atoms. The highest BCUT2D eigenvalue weighted by Crippen LogP contribution is 2.31. The van der Waals surface area contributed by atoms with Gasteiger partial charge >= 0.3 is 6.18 Å². The molecule has 1 saturated heterocycles. The molecule has 4 rings (SSSR count). The topological polar surface area (TPSA) is 80.2 Å². The van der Waals surface area contributed by atoms with Gasteiger partial charge in [0.1, 0.15) is 16.9 Å². The fourth-order valence-corrected chi connectivity index (χ4v) is 4.15. The zero-order valence-electron chi connectivity index (χ0n) is 18.2. The van der Waals surface area contributed by atoms with Gasteiger partial charge in [0.05, 0.1) is 11.7 Å². The first-order chi connectivity index (χ1) is 15.6. The summed E-state index contributed by atoms with van der Waals surface area (Å²) in [4.78, 5) is 20.6. The molecule has 3 aromatic rings. The van der Waals surface area contributed by atoms with Crippen LogP contribution in [0.1, 0.15) is 39.6 Å². The number of benzene rings is 1. The Morgan fingerprint density at radius 3 is 2.58 bits per heavy atom. The van der Waals surface area contributed by atoms with Crippen molar-refractivity contribution in [2.75, 3.05) is 20.1 Å². The number of alkyl halides is 3. The molecule has 174 valence electrons. The summed E-state index contributed by atoms with van der Waals surface area (Å²) in [5.41, 5.74) is 0.247. The smallest absolute Gasteiger partial charge is 0.435 e. The van der Waals surface area contributed by atoms with Gasteiger partial charge in [-0.1, -0.05) is 0 Å². The standard InChI is InChI=1S/C22H22F3N5O2S/c1-12-9-26-21(33-12)15-6-14(7-16(8-15)32-17-10-30(3)11-17)20(31)27-13(2)18-4-5-19(29-28-18)22(23,24)25/h4-9,13,17H,10-11H2,1-3H3,(H,27,31). The molecule has 0 saturated carbocycles. The van der Waals surface area contributed by atoms with Gasteiger partial charge in [-0.3, -0.25) is 9.69 Å². The summed E-state index contributed by atoms with van der Waals surface area (Å²) in [6.07, 6.45) is -2.77. The van der Waals surface area contributed by atoms with E-state index in [1.54, 1.807) is 25.3 Å². The average molecular weight is 478 g/mol. The second kappa shape index (κ2) is 9.06. The van der Waals surface area contributed by atoms with Gasteiger partial charge in [0.2, 0.25) is 0 Å². The Hall–Kier alpha value is -3.05. The Morgan fingerprint density at radius 2 is 2.00 bits per heavy atom. The van der Waals surface area contributed by atoms with Crippen LogP contribution < -0.4 is 10.1 Å². The van der Waals surface area contributed by atoms with E-state index < -0.39 is 23.8 Å². The van der Waals surface area contributed by atoms with E-state index in [1.165, 1.54) is 17.4 Å². The molecule has 1 fully saturated rings. The summed E-state index contributed by atoms with van der Waals surface area (Å²) >= 11 is 1.51. The molecule has 1 atom stereocenters. The van der Waals surface area contributed by atoms with Crippen LogP contribution in [0.2, 0.25) is 0 Å². The Kier molecular flexibility index (Phi) is 6.35. The third-order valence-electron chi connectivity index (χ3n) is 5.14. The van der Waals surface area contributed by atoms with E-state index in [9.17, 15) is 18.0 Å². The lowest BCUT2D eigenvalue weighted by molar-refractivity contribution is -0.141. The van der Waals surface area contributed by atoms with E-state index >= 15 is 0 Å². The highest BCUT2D eigenvalue weighted by molar-refractivity contribution is 7.14. The number of carbonyl (C=O) groups excluding carboxylic acids is 1. The van der Waals surface area contributed by atoms with Gasteiger partial charge in [-0.05, 0) is 51.2 Å². The normalized spacial score (nSPS) is 15.7. The number of aromatic nitrogens is 3. The Balaban J connectivity index is 1.55. The van der Waals surface area contributed by atoms with Crippen LogP contribution in [0.5, 0.6) is 5.75 Å². The molecule has 7 nitrogen and oxygen atoms in total. The second-order valence-electron chi connectivity index (χ2n) is 8.02. The zero-order valence-corrected chi connectivity index (χ0v) is 19.0. The van der Waals surface area contributed by atoms with E-state index in [0.717, 1.165) is 34.6 Å². The number of amides is 1. The summed E-state index contributed by atoms with van der Waals surface area (Å²) in [5.74, 6) is 0.153. The Labute approximate surface area is 192 Å². The van der Waals surface area contributed by atoms with Crippen molar-refractivity contribution in [2.24, 2.45) is 0 Å². The van der Waals surface area contributed by atoms with E-state index in [4.69, 9.17) is 4.74 Å². The van der Waals surface area contributed by atoms with Gasteiger partial charge < -0.3 is 10.1 Å². The number of aryl methyl sites for hydroxylation is 1. The molecule has 1 aliphatic rings. The lowest BCUT2D eigenvalue weighted by Gasteiger charge is -2.36. The predicted molar refractivity (Wildman–Crippen MR) is 117 cm³/mol. The van der Waals surface area contributed by atoms with Crippen molar-refractivity contribution in [2.45, 2.75) is 32.2 Å². The van der Waals surface area contributed by atoms with Gasteiger partial charge in [0.15, 0.2) is 5.69 Å². The lowest BCUT2D eigenvalue weighted by atomic mass is 10.1. The first kappa shape index (κ1) is 23.1. The summed E-state index contributed by atoms with van der Waals surface area (Å²) in [5, 5.41) is 10.4. The van der Waals surface area contributed by atoms with Gasteiger partial charge in [0, 0.05) is 35.3 Å².